The molecule has 2 aromatic rings. The lowest BCUT2D eigenvalue weighted by atomic mass is 9.72. The SMILES string of the molecule is CCCC(CC)(CNNC(=O)NN)c1ccc2c(c1)C(=O)c1ccc(C(C)(C)C)cc1C2=O. The maximum absolute atomic E-state index is 13.4. The molecular weight excluding hydrogens is 416 g/mol. The van der Waals surface area contributed by atoms with Crippen molar-refractivity contribution in [2.24, 2.45) is 5.84 Å². The van der Waals surface area contributed by atoms with E-state index in [9.17, 15) is 14.4 Å². The zero-order chi connectivity index (χ0) is 24.4. The van der Waals surface area contributed by atoms with Gasteiger partial charge in [-0.2, -0.15) is 0 Å². The molecule has 7 heteroatoms. The number of carbonyl (C=O) groups excluding carboxylic acids is 3. The van der Waals surface area contributed by atoms with Crippen molar-refractivity contribution >= 4 is 17.6 Å². The van der Waals surface area contributed by atoms with Crippen LogP contribution in [0.4, 0.5) is 4.79 Å². The normalized spacial score (nSPS) is 14.8. The van der Waals surface area contributed by atoms with Gasteiger partial charge in [0, 0.05) is 34.2 Å². The molecule has 0 fully saturated rings. The smallest absolute Gasteiger partial charge is 0.289 e. The second-order valence-electron chi connectivity index (χ2n) is 9.76. The Morgan fingerprint density at radius 2 is 1.42 bits per heavy atom. The Morgan fingerprint density at radius 1 is 0.879 bits per heavy atom. The quantitative estimate of drug-likeness (QED) is 0.248. The van der Waals surface area contributed by atoms with Gasteiger partial charge in [-0.15, -0.1) is 0 Å². The molecule has 0 heterocycles. The molecule has 0 bridgehead atoms. The zero-order valence-corrected chi connectivity index (χ0v) is 20.1. The van der Waals surface area contributed by atoms with Crippen molar-refractivity contribution in [3.8, 4) is 0 Å². The van der Waals surface area contributed by atoms with Crippen LogP contribution in [0.25, 0.3) is 0 Å². The third kappa shape index (κ3) is 4.70. The van der Waals surface area contributed by atoms with E-state index in [0.717, 1.165) is 30.4 Å². The summed E-state index contributed by atoms with van der Waals surface area (Å²) in [5, 5.41) is 0. The first-order valence-electron chi connectivity index (χ1n) is 11.5. The number of urea groups is 1. The number of hydrazine groups is 2. The van der Waals surface area contributed by atoms with E-state index < -0.39 is 6.03 Å². The number of ketones is 2. The second kappa shape index (κ2) is 9.45. The number of carbonyl (C=O) groups is 3. The lowest BCUT2D eigenvalue weighted by Gasteiger charge is -2.34. The van der Waals surface area contributed by atoms with Crippen LogP contribution in [-0.4, -0.2) is 24.1 Å². The van der Waals surface area contributed by atoms with Crippen molar-refractivity contribution in [3.63, 3.8) is 0 Å². The molecule has 1 aliphatic rings. The van der Waals surface area contributed by atoms with Crippen molar-refractivity contribution in [3.05, 3.63) is 69.8 Å². The highest BCUT2D eigenvalue weighted by Crippen LogP contribution is 2.37. The highest BCUT2D eigenvalue weighted by Gasteiger charge is 2.35. The van der Waals surface area contributed by atoms with Gasteiger partial charge in [0.2, 0.25) is 0 Å². The standard InChI is InChI=1S/C26H34N4O3/c1-6-12-26(7-2,15-28-30-24(33)29-27)17-9-11-19-21(14-17)23(32)18-10-8-16(25(3,4)5)13-20(18)22(19)31/h8-11,13-14,28H,6-7,12,15,27H2,1-5H3,(H2,29,30,33). The molecule has 0 radical (unpaired) electrons. The molecule has 33 heavy (non-hydrogen) atoms. The Hall–Kier alpha value is -3.03. The minimum atomic E-state index is -0.533. The van der Waals surface area contributed by atoms with Crippen molar-refractivity contribution in [2.75, 3.05) is 6.54 Å². The van der Waals surface area contributed by atoms with Crippen molar-refractivity contribution < 1.29 is 14.4 Å². The van der Waals surface area contributed by atoms with Crippen LogP contribution >= 0.6 is 0 Å². The molecule has 7 nitrogen and oxygen atoms in total. The van der Waals surface area contributed by atoms with Crippen LogP contribution in [0.2, 0.25) is 0 Å². The summed E-state index contributed by atoms with van der Waals surface area (Å²) < 4.78 is 0. The first-order valence-corrected chi connectivity index (χ1v) is 11.5. The predicted molar refractivity (Wildman–Crippen MR) is 129 cm³/mol. The van der Waals surface area contributed by atoms with Crippen LogP contribution in [0.15, 0.2) is 36.4 Å². The molecule has 1 unspecified atom stereocenters. The van der Waals surface area contributed by atoms with Gasteiger partial charge in [-0.3, -0.25) is 20.4 Å². The van der Waals surface area contributed by atoms with Gasteiger partial charge in [-0.25, -0.2) is 16.1 Å². The van der Waals surface area contributed by atoms with E-state index in [-0.39, 0.29) is 22.4 Å². The lowest BCUT2D eigenvalue weighted by Crippen LogP contribution is -2.51. The topological polar surface area (TPSA) is 113 Å². The summed E-state index contributed by atoms with van der Waals surface area (Å²) in [7, 11) is 0. The van der Waals surface area contributed by atoms with Gasteiger partial charge in [-0.05, 0) is 53.6 Å². The largest absolute Gasteiger partial charge is 0.343 e. The average molecular weight is 451 g/mol. The summed E-state index contributed by atoms with van der Waals surface area (Å²) in [5.74, 6) is 4.89. The number of amides is 2. The van der Waals surface area contributed by atoms with Crippen LogP contribution in [-0.2, 0) is 10.8 Å². The number of hydrogen-bond donors (Lipinski definition) is 4. The molecule has 176 valence electrons. The highest BCUT2D eigenvalue weighted by molar-refractivity contribution is 6.28. The molecule has 0 aromatic heterocycles. The fraction of sp³-hybridized carbons (Fsp3) is 0.423. The number of hydrogen-bond acceptors (Lipinski definition) is 5. The summed E-state index contributed by atoms with van der Waals surface area (Å²) in [6, 6.07) is 10.6. The van der Waals surface area contributed by atoms with E-state index in [1.807, 2.05) is 29.7 Å². The molecule has 1 atom stereocenters. The Labute approximate surface area is 195 Å². The monoisotopic (exact) mass is 450 g/mol. The maximum Gasteiger partial charge on any atom is 0.343 e. The molecule has 3 rings (SSSR count). The van der Waals surface area contributed by atoms with Gasteiger partial charge < -0.3 is 0 Å². The second-order valence-corrected chi connectivity index (χ2v) is 9.76. The predicted octanol–water partition coefficient (Wildman–Crippen LogP) is 3.88. The van der Waals surface area contributed by atoms with E-state index in [1.54, 1.807) is 12.1 Å². The fourth-order valence-corrected chi connectivity index (χ4v) is 4.60. The summed E-state index contributed by atoms with van der Waals surface area (Å²) in [4.78, 5) is 38.2. The van der Waals surface area contributed by atoms with Crippen LogP contribution in [0, 0.1) is 0 Å². The van der Waals surface area contributed by atoms with Gasteiger partial charge in [0.25, 0.3) is 0 Å². The van der Waals surface area contributed by atoms with Crippen molar-refractivity contribution in [2.45, 2.75) is 64.7 Å². The zero-order valence-electron chi connectivity index (χ0n) is 20.1. The summed E-state index contributed by atoms with van der Waals surface area (Å²) in [6.45, 7) is 10.9. The lowest BCUT2D eigenvalue weighted by molar-refractivity contribution is 0.0978. The average Bonchev–Trinajstić information content (AvgIpc) is 2.80. The van der Waals surface area contributed by atoms with Gasteiger partial charge >= 0.3 is 6.03 Å². The van der Waals surface area contributed by atoms with E-state index in [0.29, 0.717) is 28.8 Å². The van der Waals surface area contributed by atoms with Gasteiger partial charge in [0.1, 0.15) is 0 Å². The maximum atomic E-state index is 13.4. The minimum absolute atomic E-state index is 0.116. The van der Waals surface area contributed by atoms with Crippen LogP contribution in [0.3, 0.4) is 0 Å². The molecule has 1 aliphatic carbocycles. The van der Waals surface area contributed by atoms with Gasteiger partial charge in [0.15, 0.2) is 11.6 Å². The molecule has 0 saturated carbocycles. The molecule has 0 saturated heterocycles. The minimum Gasteiger partial charge on any atom is -0.289 e. The molecule has 0 spiro atoms. The first kappa shape index (κ1) is 24.6. The van der Waals surface area contributed by atoms with Gasteiger partial charge in [0.05, 0.1) is 0 Å². The van der Waals surface area contributed by atoms with Crippen molar-refractivity contribution in [1.29, 1.82) is 0 Å². The number of rotatable bonds is 7. The molecule has 5 N–H and O–H groups in total. The third-order valence-electron chi connectivity index (χ3n) is 6.66. The molecule has 2 amide bonds. The van der Waals surface area contributed by atoms with Crippen LogP contribution < -0.4 is 22.1 Å². The molecular formula is C26H34N4O3. The number of nitrogens with two attached hydrogens (primary N) is 1. The Kier molecular flexibility index (Phi) is 7.05. The fourth-order valence-electron chi connectivity index (χ4n) is 4.60. The van der Waals surface area contributed by atoms with Crippen LogP contribution in [0.5, 0.6) is 0 Å². The van der Waals surface area contributed by atoms with Crippen LogP contribution in [0.1, 0.15) is 96.9 Å². The summed E-state index contributed by atoms with van der Waals surface area (Å²) in [5.41, 5.74) is 10.8. The summed E-state index contributed by atoms with van der Waals surface area (Å²) >= 11 is 0. The Balaban J connectivity index is 2.02. The highest BCUT2D eigenvalue weighted by atomic mass is 16.2. The van der Waals surface area contributed by atoms with E-state index >= 15 is 0 Å². The third-order valence-corrected chi connectivity index (χ3v) is 6.66. The molecule has 2 aromatic carbocycles. The van der Waals surface area contributed by atoms with E-state index in [4.69, 9.17) is 5.84 Å². The van der Waals surface area contributed by atoms with Crippen molar-refractivity contribution in [1.82, 2.24) is 16.3 Å². The number of benzene rings is 2. The Morgan fingerprint density at radius 3 is 1.91 bits per heavy atom. The van der Waals surface area contributed by atoms with E-state index in [1.165, 1.54) is 0 Å². The first-order chi connectivity index (χ1) is 15.6. The van der Waals surface area contributed by atoms with E-state index in [2.05, 4.69) is 45.5 Å². The van der Waals surface area contributed by atoms with Gasteiger partial charge in [-0.1, -0.05) is 53.2 Å². The number of nitrogens with one attached hydrogen (secondary N) is 3. The molecule has 0 aliphatic heterocycles. The summed E-state index contributed by atoms with van der Waals surface area (Å²) in [6.07, 6.45) is 2.54. The number of fused-ring (bicyclic) bond motifs is 2. The Bertz CT molecular complexity index is 1090.